The molecule has 5 nitrogen and oxygen atoms in total. The molecule has 0 unspecified atom stereocenters. The normalized spacial score (nSPS) is 15.7. The number of quaternary nitrogens is 1. The summed E-state index contributed by atoms with van der Waals surface area (Å²) in [5.41, 5.74) is 0.556. The Morgan fingerprint density at radius 3 is 2.29 bits per heavy atom. The van der Waals surface area contributed by atoms with Gasteiger partial charge < -0.3 is 20.2 Å². The Morgan fingerprint density at radius 1 is 1.00 bits per heavy atom. The molecular formula is C25H24ClF3N3O2+. The maximum absolute atomic E-state index is 13.4. The Bertz CT molecular complexity index is 1150. The minimum atomic E-state index is -4.62. The minimum Gasteiger partial charge on any atom is -0.506 e. The average molecular weight is 491 g/mol. The summed E-state index contributed by atoms with van der Waals surface area (Å²) in [6.45, 7) is 2.44. The van der Waals surface area contributed by atoms with Crippen molar-refractivity contribution in [3.8, 4) is 5.75 Å². The molecule has 3 aromatic rings. The maximum Gasteiger partial charge on any atom is 0.417 e. The van der Waals surface area contributed by atoms with Crippen molar-refractivity contribution in [1.29, 1.82) is 0 Å². The van der Waals surface area contributed by atoms with Crippen molar-refractivity contribution >= 4 is 28.9 Å². The second-order valence-corrected chi connectivity index (χ2v) is 8.57. The van der Waals surface area contributed by atoms with Crippen LogP contribution in [0, 0.1) is 0 Å². The van der Waals surface area contributed by atoms with Crippen LogP contribution in [0.5, 0.6) is 5.75 Å². The zero-order chi connectivity index (χ0) is 24.3. The van der Waals surface area contributed by atoms with E-state index in [1.54, 1.807) is 12.1 Å². The monoisotopic (exact) mass is 490 g/mol. The highest BCUT2D eigenvalue weighted by Crippen LogP contribution is 2.36. The lowest BCUT2D eigenvalue weighted by Gasteiger charge is -2.37. The molecule has 1 aliphatic heterocycles. The van der Waals surface area contributed by atoms with Crippen LogP contribution in [0.1, 0.15) is 17.2 Å². The van der Waals surface area contributed by atoms with Gasteiger partial charge in [0.25, 0.3) is 5.91 Å². The summed E-state index contributed by atoms with van der Waals surface area (Å²) >= 11 is 5.71. The van der Waals surface area contributed by atoms with Crippen LogP contribution in [0.3, 0.4) is 0 Å². The van der Waals surface area contributed by atoms with E-state index in [0.29, 0.717) is 26.2 Å². The molecular weight excluding hydrogens is 467 g/mol. The zero-order valence-electron chi connectivity index (χ0n) is 18.1. The third kappa shape index (κ3) is 5.29. The van der Waals surface area contributed by atoms with Crippen LogP contribution in [-0.2, 0) is 11.0 Å². The van der Waals surface area contributed by atoms with Gasteiger partial charge in [-0.25, -0.2) is 0 Å². The third-order valence-corrected chi connectivity index (χ3v) is 6.30. The summed E-state index contributed by atoms with van der Waals surface area (Å²) in [5.74, 6) is -0.195. The van der Waals surface area contributed by atoms with Gasteiger partial charge in [-0.15, -0.1) is 0 Å². The molecule has 3 aromatic carbocycles. The summed E-state index contributed by atoms with van der Waals surface area (Å²) in [6.07, 6.45) is -4.62. The number of benzene rings is 3. The minimum absolute atomic E-state index is 0.0369. The Kier molecular flexibility index (Phi) is 7.00. The van der Waals surface area contributed by atoms with E-state index in [4.69, 9.17) is 11.6 Å². The number of phenolic OH excluding ortho intramolecular Hbond substituents is 1. The number of nitrogens with one attached hydrogen (secondary N) is 2. The van der Waals surface area contributed by atoms with E-state index in [1.165, 1.54) is 6.07 Å². The predicted octanol–water partition coefficient (Wildman–Crippen LogP) is 4.15. The lowest BCUT2D eigenvalue weighted by molar-refractivity contribution is -0.922. The quantitative estimate of drug-likeness (QED) is 0.503. The molecule has 1 fully saturated rings. The Labute approximate surface area is 200 Å². The number of para-hydroxylation sites is 2. The largest absolute Gasteiger partial charge is 0.506 e. The molecule has 34 heavy (non-hydrogen) atoms. The van der Waals surface area contributed by atoms with Gasteiger partial charge >= 0.3 is 6.18 Å². The topological polar surface area (TPSA) is 57.0 Å². The number of hydrogen-bond acceptors (Lipinski definition) is 3. The van der Waals surface area contributed by atoms with Gasteiger partial charge in [0.1, 0.15) is 5.75 Å². The number of nitrogens with zero attached hydrogens (tertiary/aromatic N) is 1. The van der Waals surface area contributed by atoms with E-state index in [-0.39, 0.29) is 11.4 Å². The van der Waals surface area contributed by atoms with Crippen LogP contribution in [0.15, 0.2) is 72.8 Å². The second kappa shape index (κ2) is 9.95. The first-order chi connectivity index (χ1) is 16.2. The smallest absolute Gasteiger partial charge is 0.417 e. The third-order valence-electron chi connectivity index (χ3n) is 5.97. The van der Waals surface area contributed by atoms with E-state index in [2.05, 4.69) is 10.2 Å². The predicted molar refractivity (Wildman–Crippen MR) is 125 cm³/mol. The highest BCUT2D eigenvalue weighted by molar-refractivity contribution is 6.31. The molecule has 1 heterocycles. The number of phenols is 1. The fraction of sp³-hybridized carbons (Fsp3) is 0.240. The molecule has 3 N–H and O–H groups in total. The van der Waals surface area contributed by atoms with Crippen LogP contribution in [0.25, 0.3) is 0 Å². The summed E-state index contributed by atoms with van der Waals surface area (Å²) < 4.78 is 39.8. The van der Waals surface area contributed by atoms with Crippen LogP contribution >= 0.6 is 11.6 Å². The molecule has 1 saturated heterocycles. The van der Waals surface area contributed by atoms with Crippen LogP contribution in [-0.4, -0.2) is 37.2 Å². The molecule has 0 spiro atoms. The Hall–Kier alpha value is -3.23. The first kappa shape index (κ1) is 23.9. The lowest BCUT2D eigenvalue weighted by atomic mass is 10.0. The van der Waals surface area contributed by atoms with Crippen molar-refractivity contribution in [3.63, 3.8) is 0 Å². The number of alkyl halides is 3. The van der Waals surface area contributed by atoms with Crippen molar-refractivity contribution in [2.75, 3.05) is 36.4 Å². The van der Waals surface area contributed by atoms with Crippen LogP contribution in [0.4, 0.5) is 24.5 Å². The van der Waals surface area contributed by atoms with Gasteiger partial charge in [-0.2, -0.15) is 13.2 Å². The molecule has 0 bridgehead atoms. The van der Waals surface area contributed by atoms with Crippen LogP contribution in [0.2, 0.25) is 5.02 Å². The highest BCUT2D eigenvalue weighted by Gasteiger charge is 2.36. The molecule has 4 rings (SSSR count). The molecule has 0 aromatic heterocycles. The van der Waals surface area contributed by atoms with Gasteiger partial charge in [-0.1, -0.05) is 54.1 Å². The number of carbonyl (C=O) groups excluding carboxylic acids is 1. The maximum atomic E-state index is 13.4. The van der Waals surface area contributed by atoms with Crippen molar-refractivity contribution in [2.24, 2.45) is 0 Å². The van der Waals surface area contributed by atoms with Crippen molar-refractivity contribution in [1.82, 2.24) is 0 Å². The first-order valence-corrected chi connectivity index (χ1v) is 11.2. The number of aromatic hydroxyl groups is 1. The van der Waals surface area contributed by atoms with E-state index < -0.39 is 28.7 Å². The first-order valence-electron chi connectivity index (χ1n) is 10.8. The van der Waals surface area contributed by atoms with Crippen molar-refractivity contribution in [2.45, 2.75) is 12.2 Å². The zero-order valence-corrected chi connectivity index (χ0v) is 18.9. The van der Waals surface area contributed by atoms with Crippen molar-refractivity contribution < 1.29 is 28.0 Å². The SMILES string of the molecule is O=C(Nc1ccc(Cl)c(C(F)(F)F)c1)[C@@H](c1ccccc1)[NH+]1CCN(c2ccccc2O)CC1. The molecule has 1 aliphatic rings. The number of piperazine rings is 1. The Morgan fingerprint density at radius 2 is 1.65 bits per heavy atom. The van der Waals surface area contributed by atoms with Crippen molar-refractivity contribution in [3.05, 3.63) is 88.9 Å². The van der Waals surface area contributed by atoms with Gasteiger partial charge in [0.05, 0.1) is 42.5 Å². The molecule has 0 aliphatic carbocycles. The summed E-state index contributed by atoms with van der Waals surface area (Å²) in [5, 5.41) is 12.4. The fourth-order valence-electron chi connectivity index (χ4n) is 4.31. The molecule has 0 saturated carbocycles. The summed E-state index contributed by atoms with van der Waals surface area (Å²) in [4.78, 5) is 16.4. The average Bonchev–Trinajstić information content (AvgIpc) is 2.81. The highest BCUT2D eigenvalue weighted by atomic mass is 35.5. The second-order valence-electron chi connectivity index (χ2n) is 8.16. The van der Waals surface area contributed by atoms with Crippen LogP contribution < -0.4 is 15.1 Å². The number of rotatable bonds is 5. The number of amides is 1. The molecule has 1 atom stereocenters. The van der Waals surface area contributed by atoms with Gasteiger partial charge in [0, 0.05) is 11.3 Å². The molecule has 0 radical (unpaired) electrons. The van der Waals surface area contributed by atoms with E-state index in [1.807, 2.05) is 42.5 Å². The van der Waals surface area contributed by atoms with Gasteiger partial charge in [-0.3, -0.25) is 4.79 Å². The molecule has 178 valence electrons. The summed E-state index contributed by atoms with van der Waals surface area (Å²) in [7, 11) is 0. The fourth-order valence-corrected chi connectivity index (χ4v) is 4.53. The lowest BCUT2D eigenvalue weighted by Crippen LogP contribution is -3.16. The van der Waals surface area contributed by atoms with E-state index in [9.17, 15) is 23.1 Å². The van der Waals surface area contributed by atoms with E-state index in [0.717, 1.165) is 28.3 Å². The number of hydrogen-bond donors (Lipinski definition) is 3. The standard InChI is InChI=1S/C25H23ClF3N3O2/c26-20-11-10-18(16-19(20)25(27,28)29)30-24(34)23(17-6-2-1-3-7-17)32-14-12-31(13-15-32)21-8-4-5-9-22(21)33/h1-11,16,23,33H,12-15H2,(H,30,34)/p+1/t23-/m1/s1. The van der Waals surface area contributed by atoms with Gasteiger partial charge in [-0.05, 0) is 30.3 Å². The molecule has 9 heteroatoms. The van der Waals surface area contributed by atoms with Gasteiger partial charge in [0.2, 0.25) is 0 Å². The number of carbonyl (C=O) groups is 1. The molecule has 1 amide bonds. The van der Waals surface area contributed by atoms with Gasteiger partial charge in [0.15, 0.2) is 6.04 Å². The number of anilines is 2. The number of halogens is 4. The summed E-state index contributed by atoms with van der Waals surface area (Å²) in [6, 6.07) is 19.0. The Balaban J connectivity index is 1.55. The van der Waals surface area contributed by atoms with E-state index >= 15 is 0 Å².